The summed E-state index contributed by atoms with van der Waals surface area (Å²) in [6, 6.07) is 0. The van der Waals surface area contributed by atoms with Crippen molar-refractivity contribution in [1.29, 1.82) is 0 Å². The summed E-state index contributed by atoms with van der Waals surface area (Å²) >= 11 is 5.56. The van der Waals surface area contributed by atoms with E-state index < -0.39 is 10.0 Å². The first kappa shape index (κ1) is 12.4. The van der Waals surface area contributed by atoms with Crippen LogP contribution in [-0.4, -0.2) is 38.9 Å². The number of methoxy groups -OCH3 is 1. The van der Waals surface area contributed by atoms with Crippen molar-refractivity contribution in [3.8, 4) is 0 Å². The predicted octanol–water partition coefficient (Wildman–Crippen LogP) is 0.0732. The van der Waals surface area contributed by atoms with Gasteiger partial charge in [0.25, 0.3) is 10.0 Å². The first-order chi connectivity index (χ1) is 7.11. The van der Waals surface area contributed by atoms with Crippen LogP contribution in [0.25, 0.3) is 0 Å². The average Bonchev–Trinajstić information content (AvgIpc) is 2.66. The summed E-state index contributed by atoms with van der Waals surface area (Å²) in [5.41, 5.74) is 0.446. The first-order valence-electron chi connectivity index (χ1n) is 4.18. The monoisotopic (exact) mass is 253 g/mol. The van der Waals surface area contributed by atoms with Crippen LogP contribution < -0.4 is 4.72 Å². The molecule has 0 amide bonds. The van der Waals surface area contributed by atoms with Gasteiger partial charge in [-0.1, -0.05) is 0 Å². The van der Waals surface area contributed by atoms with E-state index in [2.05, 4.69) is 14.9 Å². The lowest BCUT2D eigenvalue weighted by Crippen LogP contribution is -2.28. The van der Waals surface area contributed by atoms with E-state index in [1.165, 1.54) is 13.3 Å². The van der Waals surface area contributed by atoms with E-state index >= 15 is 0 Å². The number of aromatic nitrogens is 2. The van der Waals surface area contributed by atoms with E-state index in [0.29, 0.717) is 12.2 Å². The molecule has 1 aromatic heterocycles. The van der Waals surface area contributed by atoms with E-state index in [9.17, 15) is 8.42 Å². The minimum Gasteiger partial charge on any atom is -0.383 e. The molecule has 0 saturated carbocycles. The Bertz CT molecular complexity index is 403. The molecule has 0 spiro atoms. The van der Waals surface area contributed by atoms with E-state index in [0.717, 1.165) is 0 Å². The molecular weight excluding hydrogens is 242 g/mol. The molecule has 8 heteroatoms. The van der Waals surface area contributed by atoms with Gasteiger partial charge in [0.05, 0.1) is 18.7 Å². The SMILES string of the molecule is COCCNS(=O)(=O)c1[nH]ncc1CCl. The second-order valence-electron chi connectivity index (χ2n) is 2.75. The highest BCUT2D eigenvalue weighted by Crippen LogP contribution is 2.13. The molecule has 1 aromatic rings. The number of sulfonamides is 1. The van der Waals surface area contributed by atoms with Gasteiger partial charge in [0.2, 0.25) is 0 Å². The number of alkyl halides is 1. The van der Waals surface area contributed by atoms with Gasteiger partial charge in [0, 0.05) is 19.2 Å². The van der Waals surface area contributed by atoms with Gasteiger partial charge in [-0.25, -0.2) is 13.1 Å². The first-order valence-corrected chi connectivity index (χ1v) is 6.20. The molecule has 0 fully saturated rings. The van der Waals surface area contributed by atoms with Crippen molar-refractivity contribution in [2.24, 2.45) is 0 Å². The standard InChI is InChI=1S/C7H12ClN3O3S/c1-14-3-2-10-15(12,13)7-6(4-8)5-9-11-7/h5,10H,2-4H2,1H3,(H,9,11). The highest BCUT2D eigenvalue weighted by Gasteiger charge is 2.19. The quantitative estimate of drug-likeness (QED) is 0.555. The minimum absolute atomic E-state index is 0.00797. The van der Waals surface area contributed by atoms with Gasteiger partial charge in [0.15, 0.2) is 5.03 Å². The van der Waals surface area contributed by atoms with Crippen molar-refractivity contribution >= 4 is 21.6 Å². The van der Waals surface area contributed by atoms with Crippen molar-refractivity contribution < 1.29 is 13.2 Å². The number of ether oxygens (including phenoxy) is 1. The molecule has 1 rings (SSSR count). The number of aromatic amines is 1. The molecular formula is C7H12ClN3O3S. The van der Waals surface area contributed by atoms with Crippen LogP contribution in [0.1, 0.15) is 5.56 Å². The molecule has 0 aromatic carbocycles. The summed E-state index contributed by atoms with van der Waals surface area (Å²) in [7, 11) is -2.07. The largest absolute Gasteiger partial charge is 0.383 e. The summed E-state index contributed by atoms with van der Waals surface area (Å²) in [6.07, 6.45) is 1.39. The van der Waals surface area contributed by atoms with E-state index in [1.54, 1.807) is 0 Å². The lowest BCUT2D eigenvalue weighted by atomic mass is 10.4. The Labute approximate surface area is 93.0 Å². The fourth-order valence-electron chi connectivity index (χ4n) is 0.977. The van der Waals surface area contributed by atoms with Crippen LogP contribution in [0.15, 0.2) is 11.2 Å². The molecule has 0 radical (unpaired) electrons. The molecule has 86 valence electrons. The summed E-state index contributed by atoms with van der Waals surface area (Å²) < 4.78 is 30.4. The van der Waals surface area contributed by atoms with Gasteiger partial charge in [-0.15, -0.1) is 11.6 Å². The van der Waals surface area contributed by atoms with Crippen LogP contribution in [0.3, 0.4) is 0 Å². The predicted molar refractivity (Wildman–Crippen MR) is 55.2 cm³/mol. The van der Waals surface area contributed by atoms with Crippen molar-refractivity contribution in [3.63, 3.8) is 0 Å². The third-order valence-electron chi connectivity index (χ3n) is 1.69. The van der Waals surface area contributed by atoms with Gasteiger partial charge >= 0.3 is 0 Å². The highest BCUT2D eigenvalue weighted by molar-refractivity contribution is 7.89. The summed E-state index contributed by atoms with van der Waals surface area (Å²) in [5, 5.41) is 6.03. The maximum Gasteiger partial charge on any atom is 0.257 e. The molecule has 1 heterocycles. The molecule has 2 N–H and O–H groups in total. The Morgan fingerprint density at radius 2 is 2.40 bits per heavy atom. The molecule has 0 aliphatic rings. The number of hydrogen-bond acceptors (Lipinski definition) is 4. The molecule has 0 atom stereocenters. The Kier molecular flexibility index (Phi) is 4.52. The van der Waals surface area contributed by atoms with Gasteiger partial charge < -0.3 is 4.74 Å². The van der Waals surface area contributed by atoms with Gasteiger partial charge in [-0.2, -0.15) is 5.10 Å². The number of H-pyrrole nitrogens is 1. The van der Waals surface area contributed by atoms with Crippen LogP contribution in [0.5, 0.6) is 0 Å². The van der Waals surface area contributed by atoms with E-state index in [4.69, 9.17) is 16.3 Å². The topological polar surface area (TPSA) is 84.1 Å². The lowest BCUT2D eigenvalue weighted by molar-refractivity contribution is 0.204. The fraction of sp³-hybridized carbons (Fsp3) is 0.571. The van der Waals surface area contributed by atoms with Gasteiger partial charge in [-0.05, 0) is 0 Å². The van der Waals surface area contributed by atoms with Gasteiger partial charge in [-0.3, -0.25) is 5.10 Å². The van der Waals surface area contributed by atoms with Crippen molar-refractivity contribution in [3.05, 3.63) is 11.8 Å². The van der Waals surface area contributed by atoms with Crippen LogP contribution in [0.4, 0.5) is 0 Å². The summed E-state index contributed by atoms with van der Waals surface area (Å²) in [4.78, 5) is 0. The minimum atomic E-state index is -3.56. The molecule has 6 nitrogen and oxygen atoms in total. The summed E-state index contributed by atoms with van der Waals surface area (Å²) in [5.74, 6) is 0.0943. The number of hydrogen-bond donors (Lipinski definition) is 2. The molecule has 15 heavy (non-hydrogen) atoms. The molecule has 0 aliphatic carbocycles. The number of rotatable bonds is 6. The van der Waals surface area contributed by atoms with Crippen LogP contribution in [0.2, 0.25) is 0 Å². The van der Waals surface area contributed by atoms with Crippen LogP contribution in [0, 0.1) is 0 Å². The van der Waals surface area contributed by atoms with Crippen molar-refractivity contribution in [2.75, 3.05) is 20.3 Å². The van der Waals surface area contributed by atoms with Gasteiger partial charge in [0.1, 0.15) is 0 Å². The number of nitrogens with zero attached hydrogens (tertiary/aromatic N) is 1. The average molecular weight is 254 g/mol. The Morgan fingerprint density at radius 1 is 1.67 bits per heavy atom. The molecule has 0 unspecified atom stereocenters. The Morgan fingerprint density at radius 3 is 3.00 bits per heavy atom. The molecule has 0 bridgehead atoms. The second-order valence-corrected chi connectivity index (χ2v) is 4.72. The molecule has 0 aliphatic heterocycles. The highest BCUT2D eigenvalue weighted by atomic mass is 35.5. The normalized spacial score (nSPS) is 11.9. The van der Waals surface area contributed by atoms with Crippen molar-refractivity contribution in [2.45, 2.75) is 10.9 Å². The maximum absolute atomic E-state index is 11.7. The smallest absolute Gasteiger partial charge is 0.257 e. The number of nitrogens with one attached hydrogen (secondary N) is 2. The van der Waals surface area contributed by atoms with E-state index in [-0.39, 0.29) is 17.5 Å². The van der Waals surface area contributed by atoms with Crippen LogP contribution >= 0.6 is 11.6 Å². The fourth-order valence-corrected chi connectivity index (χ4v) is 2.40. The van der Waals surface area contributed by atoms with E-state index in [1.807, 2.05) is 0 Å². The maximum atomic E-state index is 11.7. The zero-order valence-electron chi connectivity index (χ0n) is 8.16. The van der Waals surface area contributed by atoms with Crippen molar-refractivity contribution in [1.82, 2.24) is 14.9 Å². The third kappa shape index (κ3) is 3.16. The number of halogens is 1. The third-order valence-corrected chi connectivity index (χ3v) is 3.45. The lowest BCUT2D eigenvalue weighted by Gasteiger charge is -2.04. The zero-order valence-corrected chi connectivity index (χ0v) is 9.73. The summed E-state index contributed by atoms with van der Waals surface area (Å²) in [6.45, 7) is 0.517. The second kappa shape index (κ2) is 5.45. The zero-order chi connectivity index (χ0) is 11.3. The Balaban J connectivity index is 2.77. The Hall–Kier alpha value is -0.630. The molecule has 0 saturated heterocycles. The van der Waals surface area contributed by atoms with Crippen LogP contribution in [-0.2, 0) is 20.6 Å².